The topological polar surface area (TPSA) is 46.5 Å². The highest BCUT2D eigenvalue weighted by Gasteiger charge is 2.37. The second-order valence-electron chi connectivity index (χ2n) is 3.77. The van der Waals surface area contributed by atoms with Crippen LogP contribution in [-0.2, 0) is 9.53 Å². The molecule has 1 saturated heterocycles. The zero-order valence-electron chi connectivity index (χ0n) is 8.61. The lowest BCUT2D eigenvalue weighted by atomic mass is 9.95. The highest BCUT2D eigenvalue weighted by atomic mass is 16.6. The number of rotatable bonds is 5. The SMILES string of the molecule is C=C[C@H]1CC(=O)O[C@H]1[C@H](O)CCCC. The third-order valence-corrected chi connectivity index (χ3v) is 2.63. The van der Waals surface area contributed by atoms with E-state index in [9.17, 15) is 9.90 Å². The van der Waals surface area contributed by atoms with Gasteiger partial charge in [0.2, 0.25) is 0 Å². The highest BCUT2D eigenvalue weighted by Crippen LogP contribution is 2.27. The summed E-state index contributed by atoms with van der Waals surface area (Å²) in [6, 6.07) is 0. The van der Waals surface area contributed by atoms with Crippen molar-refractivity contribution < 1.29 is 14.6 Å². The first kappa shape index (κ1) is 11.2. The molecule has 0 bridgehead atoms. The van der Waals surface area contributed by atoms with E-state index in [-0.39, 0.29) is 18.0 Å². The molecule has 1 aliphatic rings. The average Bonchev–Trinajstić information content (AvgIpc) is 2.56. The molecule has 3 atom stereocenters. The number of carbonyl (C=O) groups excluding carboxylic acids is 1. The number of hydrogen-bond donors (Lipinski definition) is 1. The van der Waals surface area contributed by atoms with Gasteiger partial charge in [-0.2, -0.15) is 0 Å². The van der Waals surface area contributed by atoms with Gasteiger partial charge in [-0.1, -0.05) is 25.8 Å². The summed E-state index contributed by atoms with van der Waals surface area (Å²) in [4.78, 5) is 11.0. The van der Waals surface area contributed by atoms with Crippen molar-refractivity contribution in [2.45, 2.75) is 44.8 Å². The Morgan fingerprint density at radius 1 is 1.79 bits per heavy atom. The molecule has 1 rings (SSSR count). The smallest absolute Gasteiger partial charge is 0.306 e. The minimum absolute atomic E-state index is 0.0191. The summed E-state index contributed by atoms with van der Waals surface area (Å²) in [7, 11) is 0. The van der Waals surface area contributed by atoms with Crippen LogP contribution in [0.1, 0.15) is 32.6 Å². The van der Waals surface area contributed by atoms with Crippen LogP contribution in [-0.4, -0.2) is 23.3 Å². The van der Waals surface area contributed by atoms with Crippen LogP contribution in [0, 0.1) is 5.92 Å². The maximum Gasteiger partial charge on any atom is 0.306 e. The lowest BCUT2D eigenvalue weighted by molar-refractivity contribution is -0.145. The number of hydrogen-bond acceptors (Lipinski definition) is 3. The predicted octanol–water partition coefficient (Wildman–Crippen LogP) is 1.66. The Morgan fingerprint density at radius 3 is 3.07 bits per heavy atom. The van der Waals surface area contributed by atoms with Gasteiger partial charge in [-0.05, 0) is 6.42 Å². The van der Waals surface area contributed by atoms with E-state index in [1.165, 1.54) is 0 Å². The average molecular weight is 198 g/mol. The second kappa shape index (κ2) is 5.15. The molecule has 0 radical (unpaired) electrons. The molecule has 0 aliphatic carbocycles. The zero-order chi connectivity index (χ0) is 10.6. The Balaban J connectivity index is 2.48. The van der Waals surface area contributed by atoms with Crippen molar-refractivity contribution in [3.05, 3.63) is 12.7 Å². The van der Waals surface area contributed by atoms with Gasteiger partial charge in [-0.3, -0.25) is 4.79 Å². The van der Waals surface area contributed by atoms with Gasteiger partial charge in [0.25, 0.3) is 0 Å². The number of cyclic esters (lactones) is 1. The standard InChI is InChI=1S/C11H18O3/c1-3-5-6-9(12)11-8(4-2)7-10(13)14-11/h4,8-9,11-12H,2-3,5-7H2,1H3/t8-,9+,11+/m0/s1. The van der Waals surface area contributed by atoms with Crippen LogP contribution < -0.4 is 0 Å². The first-order chi connectivity index (χ1) is 6.69. The zero-order valence-corrected chi connectivity index (χ0v) is 8.61. The number of aliphatic hydroxyl groups is 1. The minimum atomic E-state index is -0.538. The second-order valence-corrected chi connectivity index (χ2v) is 3.77. The van der Waals surface area contributed by atoms with Crippen molar-refractivity contribution in [3.63, 3.8) is 0 Å². The van der Waals surface area contributed by atoms with Crippen molar-refractivity contribution >= 4 is 5.97 Å². The number of esters is 1. The molecular formula is C11H18O3. The molecule has 0 saturated carbocycles. The summed E-state index contributed by atoms with van der Waals surface area (Å²) in [5.74, 6) is -0.246. The Hall–Kier alpha value is -0.830. The number of ether oxygens (including phenoxy) is 1. The molecule has 0 aromatic heterocycles. The van der Waals surface area contributed by atoms with Crippen LogP contribution in [0.15, 0.2) is 12.7 Å². The fraction of sp³-hybridized carbons (Fsp3) is 0.727. The van der Waals surface area contributed by atoms with Crippen LogP contribution in [0.3, 0.4) is 0 Å². The number of aliphatic hydroxyl groups excluding tert-OH is 1. The Bertz CT molecular complexity index is 213. The summed E-state index contributed by atoms with van der Waals surface area (Å²) in [5, 5.41) is 9.77. The lowest BCUT2D eigenvalue weighted by Crippen LogP contribution is -2.30. The molecule has 1 heterocycles. The minimum Gasteiger partial charge on any atom is -0.459 e. The van der Waals surface area contributed by atoms with Gasteiger partial charge < -0.3 is 9.84 Å². The van der Waals surface area contributed by atoms with Gasteiger partial charge in [0.1, 0.15) is 6.10 Å². The van der Waals surface area contributed by atoms with Crippen molar-refractivity contribution in [3.8, 4) is 0 Å². The quantitative estimate of drug-likeness (QED) is 0.539. The van der Waals surface area contributed by atoms with Gasteiger partial charge in [-0.15, -0.1) is 6.58 Å². The number of carbonyl (C=O) groups is 1. The molecule has 0 unspecified atom stereocenters. The van der Waals surface area contributed by atoms with Crippen molar-refractivity contribution in [1.29, 1.82) is 0 Å². The van der Waals surface area contributed by atoms with Gasteiger partial charge in [0, 0.05) is 5.92 Å². The number of unbranched alkanes of at least 4 members (excludes halogenated alkanes) is 1. The van der Waals surface area contributed by atoms with E-state index in [4.69, 9.17) is 4.74 Å². The van der Waals surface area contributed by atoms with Crippen LogP contribution in [0.2, 0.25) is 0 Å². The molecule has 0 aromatic carbocycles. The van der Waals surface area contributed by atoms with Crippen LogP contribution in [0.4, 0.5) is 0 Å². The van der Waals surface area contributed by atoms with E-state index in [1.807, 2.05) is 0 Å². The molecule has 0 aromatic rings. The van der Waals surface area contributed by atoms with Gasteiger partial charge >= 0.3 is 5.97 Å². The highest BCUT2D eigenvalue weighted by molar-refractivity contribution is 5.72. The molecular weight excluding hydrogens is 180 g/mol. The Kier molecular flexibility index (Phi) is 4.14. The Labute approximate surface area is 84.8 Å². The van der Waals surface area contributed by atoms with E-state index < -0.39 is 6.10 Å². The van der Waals surface area contributed by atoms with Crippen LogP contribution in [0.25, 0.3) is 0 Å². The van der Waals surface area contributed by atoms with E-state index in [0.717, 1.165) is 12.8 Å². The fourth-order valence-corrected chi connectivity index (χ4v) is 1.75. The lowest BCUT2D eigenvalue weighted by Gasteiger charge is -2.20. The molecule has 1 N–H and O–H groups in total. The predicted molar refractivity (Wildman–Crippen MR) is 53.7 cm³/mol. The third kappa shape index (κ3) is 2.58. The van der Waals surface area contributed by atoms with Gasteiger partial charge in [-0.25, -0.2) is 0 Å². The summed E-state index contributed by atoms with van der Waals surface area (Å²) >= 11 is 0. The third-order valence-electron chi connectivity index (χ3n) is 2.63. The maximum absolute atomic E-state index is 11.0. The largest absolute Gasteiger partial charge is 0.459 e. The Morgan fingerprint density at radius 2 is 2.50 bits per heavy atom. The monoisotopic (exact) mass is 198 g/mol. The molecule has 1 fully saturated rings. The van der Waals surface area contributed by atoms with E-state index >= 15 is 0 Å². The fourth-order valence-electron chi connectivity index (χ4n) is 1.75. The van der Waals surface area contributed by atoms with E-state index in [0.29, 0.717) is 12.8 Å². The summed E-state index contributed by atoms with van der Waals surface area (Å²) in [5.41, 5.74) is 0. The van der Waals surface area contributed by atoms with Crippen LogP contribution in [0.5, 0.6) is 0 Å². The van der Waals surface area contributed by atoms with Crippen molar-refractivity contribution in [1.82, 2.24) is 0 Å². The first-order valence-electron chi connectivity index (χ1n) is 5.19. The molecule has 3 nitrogen and oxygen atoms in total. The molecule has 14 heavy (non-hydrogen) atoms. The molecule has 1 aliphatic heterocycles. The van der Waals surface area contributed by atoms with Crippen LogP contribution >= 0.6 is 0 Å². The first-order valence-corrected chi connectivity index (χ1v) is 5.19. The normalized spacial score (nSPS) is 28.6. The van der Waals surface area contributed by atoms with E-state index in [2.05, 4.69) is 13.5 Å². The van der Waals surface area contributed by atoms with Gasteiger partial charge in [0.15, 0.2) is 0 Å². The summed E-state index contributed by atoms with van der Waals surface area (Å²) < 4.78 is 5.06. The summed E-state index contributed by atoms with van der Waals surface area (Å²) in [6.07, 6.45) is 3.84. The molecule has 0 spiro atoms. The van der Waals surface area contributed by atoms with Gasteiger partial charge in [0.05, 0.1) is 12.5 Å². The maximum atomic E-state index is 11.0. The molecule has 0 amide bonds. The molecule has 80 valence electrons. The summed E-state index contributed by atoms with van der Waals surface area (Å²) in [6.45, 7) is 5.71. The molecule has 3 heteroatoms. The van der Waals surface area contributed by atoms with Crippen molar-refractivity contribution in [2.75, 3.05) is 0 Å². The van der Waals surface area contributed by atoms with E-state index in [1.54, 1.807) is 6.08 Å². The van der Waals surface area contributed by atoms with Crippen molar-refractivity contribution in [2.24, 2.45) is 5.92 Å².